The number of aryl methyl sites for hydroxylation is 1. The number of nitrogens with zero attached hydrogens (tertiary/aromatic N) is 2. The van der Waals surface area contributed by atoms with Crippen molar-refractivity contribution >= 4 is 21.8 Å². The van der Waals surface area contributed by atoms with Crippen molar-refractivity contribution in [1.29, 1.82) is 0 Å². The Morgan fingerprint density at radius 3 is 2.78 bits per heavy atom. The Hall–Kier alpha value is -0.770. The van der Waals surface area contributed by atoms with Crippen molar-refractivity contribution in [3.8, 4) is 0 Å². The monoisotopic (exact) mass is 312 g/mol. The Bertz CT molecular complexity index is 441. The van der Waals surface area contributed by atoms with E-state index < -0.39 is 0 Å². The smallest absolute Gasteiger partial charge is 0.270 e. The van der Waals surface area contributed by atoms with Gasteiger partial charge in [0.25, 0.3) is 5.91 Å². The summed E-state index contributed by atoms with van der Waals surface area (Å²) in [4.78, 5) is 14.5. The van der Waals surface area contributed by atoms with E-state index in [1.807, 2.05) is 21.7 Å². The zero-order valence-electron chi connectivity index (χ0n) is 11.3. The minimum absolute atomic E-state index is 0.168. The molecule has 2 atom stereocenters. The summed E-state index contributed by atoms with van der Waals surface area (Å²) < 4.78 is 2.99. The van der Waals surface area contributed by atoms with E-state index in [2.05, 4.69) is 36.7 Å². The van der Waals surface area contributed by atoms with E-state index in [1.165, 1.54) is 0 Å². The van der Waals surface area contributed by atoms with Crippen LogP contribution in [0.3, 0.4) is 0 Å². The Kier molecular flexibility index (Phi) is 4.15. The van der Waals surface area contributed by atoms with Crippen LogP contribution in [0.25, 0.3) is 0 Å². The van der Waals surface area contributed by atoms with Crippen molar-refractivity contribution < 1.29 is 4.79 Å². The van der Waals surface area contributed by atoms with Crippen LogP contribution in [0.15, 0.2) is 16.7 Å². The van der Waals surface area contributed by atoms with Crippen molar-refractivity contribution in [2.75, 3.05) is 13.1 Å². The fourth-order valence-electron chi connectivity index (χ4n) is 2.52. The van der Waals surface area contributed by atoms with Crippen molar-refractivity contribution in [3.05, 3.63) is 22.4 Å². The molecule has 1 saturated heterocycles. The molecular formula is C14H21BrN2O. The summed E-state index contributed by atoms with van der Waals surface area (Å²) in [7, 11) is 0. The van der Waals surface area contributed by atoms with E-state index in [1.54, 1.807) is 0 Å². The van der Waals surface area contributed by atoms with Crippen LogP contribution >= 0.6 is 15.9 Å². The first-order valence-electron chi connectivity index (χ1n) is 6.67. The maximum absolute atomic E-state index is 12.5. The van der Waals surface area contributed by atoms with Gasteiger partial charge in [0, 0.05) is 30.3 Å². The fourth-order valence-corrected chi connectivity index (χ4v) is 2.99. The Morgan fingerprint density at radius 1 is 1.44 bits per heavy atom. The number of aromatic nitrogens is 1. The van der Waals surface area contributed by atoms with Crippen LogP contribution in [0.1, 0.15) is 37.7 Å². The van der Waals surface area contributed by atoms with Gasteiger partial charge in [0.2, 0.25) is 0 Å². The fraction of sp³-hybridized carbons (Fsp3) is 0.643. The number of carbonyl (C=O) groups excluding carboxylic acids is 1. The van der Waals surface area contributed by atoms with Gasteiger partial charge in [-0.2, -0.15) is 0 Å². The van der Waals surface area contributed by atoms with Crippen LogP contribution < -0.4 is 0 Å². The normalized spacial score (nSPS) is 24.3. The summed E-state index contributed by atoms with van der Waals surface area (Å²) >= 11 is 3.45. The molecule has 1 aromatic heterocycles. The quantitative estimate of drug-likeness (QED) is 0.821. The lowest BCUT2D eigenvalue weighted by Gasteiger charge is -2.35. The molecule has 3 nitrogen and oxygen atoms in total. The molecule has 1 amide bonds. The third-order valence-electron chi connectivity index (χ3n) is 4.04. The largest absolute Gasteiger partial charge is 0.343 e. The molecule has 0 aromatic carbocycles. The molecule has 2 rings (SSSR count). The molecule has 0 radical (unpaired) electrons. The SMILES string of the molecule is CCn1cc(Br)cc1C(=O)N1CCC(C)C(C)C1. The molecule has 1 aliphatic rings. The van der Waals surface area contributed by atoms with Crippen molar-refractivity contribution in [1.82, 2.24) is 9.47 Å². The molecule has 100 valence electrons. The van der Waals surface area contributed by atoms with Crippen LogP contribution in [0.2, 0.25) is 0 Å². The molecular weight excluding hydrogens is 292 g/mol. The van der Waals surface area contributed by atoms with Gasteiger partial charge in [-0.05, 0) is 47.2 Å². The van der Waals surface area contributed by atoms with Gasteiger partial charge in [-0.1, -0.05) is 13.8 Å². The summed E-state index contributed by atoms with van der Waals surface area (Å²) in [5.74, 6) is 1.48. The molecule has 0 aliphatic carbocycles. The summed E-state index contributed by atoms with van der Waals surface area (Å²) in [6, 6.07) is 1.93. The van der Waals surface area contributed by atoms with Gasteiger partial charge >= 0.3 is 0 Å². The maximum Gasteiger partial charge on any atom is 0.270 e. The van der Waals surface area contributed by atoms with Crippen LogP contribution in [-0.2, 0) is 6.54 Å². The predicted molar refractivity (Wildman–Crippen MR) is 76.7 cm³/mol. The van der Waals surface area contributed by atoms with Gasteiger partial charge in [-0.15, -0.1) is 0 Å². The second-order valence-electron chi connectivity index (χ2n) is 5.32. The number of amides is 1. The maximum atomic E-state index is 12.5. The molecule has 18 heavy (non-hydrogen) atoms. The summed E-state index contributed by atoms with van der Waals surface area (Å²) in [6.07, 6.45) is 3.09. The van der Waals surface area contributed by atoms with E-state index in [9.17, 15) is 4.79 Å². The molecule has 2 heterocycles. The highest BCUT2D eigenvalue weighted by molar-refractivity contribution is 9.10. The average molecular weight is 313 g/mol. The lowest BCUT2D eigenvalue weighted by atomic mass is 9.88. The molecule has 1 aromatic rings. The lowest BCUT2D eigenvalue weighted by Crippen LogP contribution is -2.42. The molecule has 0 saturated carbocycles. The average Bonchev–Trinajstić information content (AvgIpc) is 2.73. The van der Waals surface area contributed by atoms with Crippen LogP contribution in [0.4, 0.5) is 0 Å². The third-order valence-corrected chi connectivity index (χ3v) is 4.48. The second kappa shape index (κ2) is 5.47. The number of hydrogen-bond donors (Lipinski definition) is 0. The minimum Gasteiger partial charge on any atom is -0.343 e. The van der Waals surface area contributed by atoms with E-state index >= 15 is 0 Å². The lowest BCUT2D eigenvalue weighted by molar-refractivity contribution is 0.0617. The molecule has 1 aliphatic heterocycles. The highest BCUT2D eigenvalue weighted by atomic mass is 79.9. The zero-order chi connectivity index (χ0) is 13.3. The highest BCUT2D eigenvalue weighted by Gasteiger charge is 2.27. The molecule has 2 unspecified atom stereocenters. The van der Waals surface area contributed by atoms with Crippen molar-refractivity contribution in [2.45, 2.75) is 33.7 Å². The van der Waals surface area contributed by atoms with Crippen LogP contribution in [0, 0.1) is 11.8 Å². The Morgan fingerprint density at radius 2 is 2.17 bits per heavy atom. The summed E-state index contributed by atoms with van der Waals surface area (Å²) in [6.45, 7) is 9.16. The molecule has 1 fully saturated rings. The van der Waals surface area contributed by atoms with Gasteiger partial charge in [0.15, 0.2) is 0 Å². The first-order valence-corrected chi connectivity index (χ1v) is 7.47. The van der Waals surface area contributed by atoms with Crippen LogP contribution in [-0.4, -0.2) is 28.5 Å². The van der Waals surface area contributed by atoms with Gasteiger partial charge in [-0.3, -0.25) is 4.79 Å². The second-order valence-corrected chi connectivity index (χ2v) is 6.24. The van der Waals surface area contributed by atoms with Gasteiger partial charge in [0.05, 0.1) is 0 Å². The zero-order valence-corrected chi connectivity index (χ0v) is 12.9. The number of halogens is 1. The summed E-state index contributed by atoms with van der Waals surface area (Å²) in [5, 5.41) is 0. The van der Waals surface area contributed by atoms with Crippen molar-refractivity contribution in [3.63, 3.8) is 0 Å². The Balaban J connectivity index is 2.16. The topological polar surface area (TPSA) is 25.2 Å². The highest BCUT2D eigenvalue weighted by Crippen LogP contribution is 2.24. The molecule has 4 heteroatoms. The standard InChI is InChI=1S/C14H21BrN2O/c1-4-16-9-12(15)7-13(16)14(18)17-6-5-10(2)11(3)8-17/h7,9-11H,4-6,8H2,1-3H3. The van der Waals surface area contributed by atoms with E-state index in [-0.39, 0.29) is 5.91 Å². The molecule has 0 N–H and O–H groups in total. The van der Waals surface area contributed by atoms with Gasteiger partial charge in [-0.25, -0.2) is 0 Å². The van der Waals surface area contributed by atoms with Gasteiger partial charge < -0.3 is 9.47 Å². The molecule has 0 spiro atoms. The number of piperidine rings is 1. The van der Waals surface area contributed by atoms with Gasteiger partial charge in [0.1, 0.15) is 5.69 Å². The number of rotatable bonds is 2. The minimum atomic E-state index is 0.168. The van der Waals surface area contributed by atoms with E-state index in [4.69, 9.17) is 0 Å². The summed E-state index contributed by atoms with van der Waals surface area (Å²) in [5.41, 5.74) is 0.797. The van der Waals surface area contributed by atoms with E-state index in [0.29, 0.717) is 5.92 Å². The number of hydrogen-bond acceptors (Lipinski definition) is 1. The molecule has 0 bridgehead atoms. The predicted octanol–water partition coefficient (Wildman–Crippen LogP) is 3.39. The van der Waals surface area contributed by atoms with Crippen molar-refractivity contribution in [2.24, 2.45) is 11.8 Å². The first kappa shape index (κ1) is 13.7. The van der Waals surface area contributed by atoms with Crippen LogP contribution in [0.5, 0.6) is 0 Å². The number of likely N-dealkylation sites (tertiary alicyclic amines) is 1. The Labute approximate surface area is 117 Å². The van der Waals surface area contributed by atoms with E-state index in [0.717, 1.165) is 42.1 Å². The third kappa shape index (κ3) is 2.63. The number of carbonyl (C=O) groups is 1. The first-order chi connectivity index (χ1) is 8.52.